The molecule has 3 aliphatic heterocycles. The van der Waals surface area contributed by atoms with Crippen LogP contribution < -0.4 is 5.32 Å². The number of ether oxygens (including phenoxy) is 5. The standard InChI is InChI=1S/C53H77N3O10/c1-11-14-39-26-32(2)25-33(3)27-46(63-9)49-47(64-10)29-36(6)53(61,66-49)50(58)51(59)56-23-13-12-15-43(56)52(60)65-48(34(4)16-21-44(39)57)35(5)28-37-17-19-41(45(30-37)62-8)54-40-18-20-42-38(31-40)22-24-55(42)7/h11,18,20,22,24,26,28,31,33-34,36-37,39,41,43,45-49,54,61H,1,12-17,19,21,23,25,27,29-30H2,2-10H3/b32-26+,35-28?. The minimum absolute atomic E-state index is 0.0635. The molecule has 66 heavy (non-hydrogen) atoms. The first-order valence-corrected chi connectivity index (χ1v) is 24.4. The molecule has 13 atom stereocenters. The fraction of sp³-hybridized carbons (Fsp3) is 0.660. The SMILES string of the molecule is C=CCC1/C=C(\C)CC(C)CC(OC)C2OC(O)(C(=O)C(=O)N3CCCCC3C(=O)OC(C(C)=CC3CCC(Nc4ccc5c(ccn5C)c4)C(OC)C3)C(C)CCC1=O)C(C)CC2OC. The largest absolute Gasteiger partial charge is 0.456 e. The summed E-state index contributed by atoms with van der Waals surface area (Å²) in [7, 11) is 6.90. The molecule has 3 fully saturated rings. The number of ketones is 2. The van der Waals surface area contributed by atoms with E-state index in [1.807, 2.05) is 33.9 Å². The number of methoxy groups -OCH3 is 3. The number of aromatic nitrogens is 1. The molecule has 13 heteroatoms. The van der Waals surface area contributed by atoms with Crippen LogP contribution in [0.1, 0.15) is 112 Å². The molecule has 2 bridgehead atoms. The van der Waals surface area contributed by atoms with Crippen LogP contribution in [0.3, 0.4) is 0 Å². The van der Waals surface area contributed by atoms with Crippen LogP contribution in [0.2, 0.25) is 0 Å². The normalized spacial score (nSPS) is 35.9. The number of cyclic esters (lactones) is 1. The van der Waals surface area contributed by atoms with E-state index < -0.39 is 59.8 Å². The van der Waals surface area contributed by atoms with Crippen molar-refractivity contribution in [3.8, 4) is 0 Å². The first-order chi connectivity index (χ1) is 31.5. The number of carbonyl (C=O) groups is 4. The predicted octanol–water partition coefficient (Wildman–Crippen LogP) is 8.28. The van der Waals surface area contributed by atoms with Gasteiger partial charge in [-0.1, -0.05) is 44.6 Å². The minimum Gasteiger partial charge on any atom is -0.456 e. The number of nitrogens with one attached hydrogen (secondary N) is 1. The first-order valence-electron chi connectivity index (χ1n) is 24.4. The summed E-state index contributed by atoms with van der Waals surface area (Å²) in [6.45, 7) is 13.9. The Kier molecular flexibility index (Phi) is 17.7. The van der Waals surface area contributed by atoms with Crippen molar-refractivity contribution in [1.82, 2.24) is 9.47 Å². The minimum atomic E-state index is -2.48. The fourth-order valence-electron chi connectivity index (χ4n) is 11.2. The fourth-order valence-corrected chi connectivity index (χ4v) is 11.2. The number of anilines is 1. The van der Waals surface area contributed by atoms with Gasteiger partial charge in [0.05, 0.1) is 24.4 Å². The number of esters is 1. The van der Waals surface area contributed by atoms with Gasteiger partial charge in [0, 0.05) is 76.0 Å². The number of hydrogen-bond donors (Lipinski definition) is 2. The number of carbonyl (C=O) groups excluding carboxylic acids is 4. The van der Waals surface area contributed by atoms with Gasteiger partial charge in [-0.2, -0.15) is 0 Å². The first kappa shape index (κ1) is 51.3. The van der Waals surface area contributed by atoms with Crippen LogP contribution in [-0.4, -0.2) is 114 Å². The third kappa shape index (κ3) is 11.7. The Morgan fingerprint density at radius 2 is 1.68 bits per heavy atom. The van der Waals surface area contributed by atoms with Crippen LogP contribution in [0.5, 0.6) is 0 Å². The van der Waals surface area contributed by atoms with Gasteiger partial charge in [0.1, 0.15) is 24.0 Å². The number of aliphatic hydroxyl groups is 1. The van der Waals surface area contributed by atoms with Crippen LogP contribution >= 0.6 is 0 Å². The Morgan fingerprint density at radius 3 is 2.39 bits per heavy atom. The Hall–Kier alpha value is -4.14. The molecule has 1 saturated carbocycles. The average Bonchev–Trinajstić information content (AvgIpc) is 3.68. The van der Waals surface area contributed by atoms with Gasteiger partial charge in [-0.05, 0) is 132 Å². The summed E-state index contributed by atoms with van der Waals surface area (Å²) in [5.74, 6) is -6.32. The number of aryl methyl sites for hydroxylation is 1. The predicted molar refractivity (Wildman–Crippen MR) is 256 cm³/mol. The Balaban J connectivity index is 1.29. The van der Waals surface area contributed by atoms with E-state index in [4.69, 9.17) is 23.7 Å². The Labute approximate surface area is 392 Å². The van der Waals surface area contributed by atoms with Crippen LogP contribution in [0.15, 0.2) is 66.4 Å². The molecule has 2 saturated heterocycles. The second kappa shape index (κ2) is 22.8. The van der Waals surface area contributed by atoms with E-state index in [1.54, 1.807) is 34.3 Å². The topological polar surface area (TPSA) is 155 Å². The van der Waals surface area contributed by atoms with E-state index >= 15 is 0 Å². The lowest BCUT2D eigenvalue weighted by molar-refractivity contribution is -0.302. The van der Waals surface area contributed by atoms with E-state index in [9.17, 15) is 24.3 Å². The molecule has 1 aliphatic carbocycles. The highest BCUT2D eigenvalue weighted by Gasteiger charge is 2.56. The molecule has 2 N–H and O–H groups in total. The van der Waals surface area contributed by atoms with Crippen molar-refractivity contribution in [2.45, 2.75) is 160 Å². The zero-order chi connectivity index (χ0) is 47.9. The summed E-state index contributed by atoms with van der Waals surface area (Å²) < 4.78 is 32.9. The highest BCUT2D eigenvalue weighted by molar-refractivity contribution is 6.39. The number of nitrogens with zero attached hydrogens (tertiary/aromatic N) is 2. The van der Waals surface area contributed by atoms with Gasteiger partial charge in [-0.3, -0.25) is 14.4 Å². The van der Waals surface area contributed by atoms with Gasteiger partial charge in [0.15, 0.2) is 0 Å². The Morgan fingerprint density at radius 1 is 0.955 bits per heavy atom. The smallest absolute Gasteiger partial charge is 0.329 e. The van der Waals surface area contributed by atoms with Crippen molar-refractivity contribution in [3.05, 3.63) is 66.4 Å². The number of hydrogen-bond acceptors (Lipinski definition) is 11. The Bertz CT molecular complexity index is 2090. The van der Waals surface area contributed by atoms with Crippen LogP contribution in [0.4, 0.5) is 5.69 Å². The number of allylic oxidation sites excluding steroid dienone is 4. The molecule has 0 spiro atoms. The molecule has 6 rings (SSSR count). The lowest BCUT2D eigenvalue weighted by atomic mass is 9.81. The summed E-state index contributed by atoms with van der Waals surface area (Å²) in [6, 6.07) is 7.58. The lowest BCUT2D eigenvalue weighted by Gasteiger charge is -2.47. The molecular formula is C53H77N3O10. The van der Waals surface area contributed by atoms with Crippen molar-refractivity contribution in [1.29, 1.82) is 0 Å². The van der Waals surface area contributed by atoms with Gasteiger partial charge in [-0.25, -0.2) is 4.79 Å². The summed E-state index contributed by atoms with van der Waals surface area (Å²) in [5, 5.41) is 17.1. The summed E-state index contributed by atoms with van der Waals surface area (Å²) in [6.07, 6.45) is 12.0. The van der Waals surface area contributed by atoms with Gasteiger partial charge in [-0.15, -0.1) is 6.58 Å². The van der Waals surface area contributed by atoms with Gasteiger partial charge in [0.2, 0.25) is 5.79 Å². The van der Waals surface area contributed by atoms with E-state index in [0.29, 0.717) is 44.9 Å². The van der Waals surface area contributed by atoms with Crippen molar-refractivity contribution >= 4 is 40.0 Å². The number of piperidine rings is 1. The highest BCUT2D eigenvalue weighted by Crippen LogP contribution is 2.39. The number of fused-ring (bicyclic) bond motifs is 4. The van der Waals surface area contributed by atoms with Crippen LogP contribution in [-0.2, 0) is 49.9 Å². The zero-order valence-corrected chi connectivity index (χ0v) is 41.0. The van der Waals surface area contributed by atoms with E-state index in [-0.39, 0.29) is 61.0 Å². The molecule has 4 heterocycles. The maximum absolute atomic E-state index is 14.6. The number of rotatable bonds is 9. The van der Waals surface area contributed by atoms with Gasteiger partial charge in [0.25, 0.3) is 11.7 Å². The molecule has 1 aromatic carbocycles. The maximum Gasteiger partial charge on any atom is 0.329 e. The second-order valence-corrected chi connectivity index (χ2v) is 20.0. The molecular weight excluding hydrogens is 839 g/mol. The lowest BCUT2D eigenvalue weighted by Crippen LogP contribution is -2.64. The number of amides is 1. The quantitative estimate of drug-likeness (QED) is 0.142. The monoisotopic (exact) mass is 916 g/mol. The molecule has 1 amide bonds. The molecule has 13 unspecified atom stereocenters. The van der Waals surface area contributed by atoms with Crippen molar-refractivity contribution < 1.29 is 48.0 Å². The average molecular weight is 916 g/mol. The van der Waals surface area contributed by atoms with Crippen molar-refractivity contribution in [3.63, 3.8) is 0 Å². The number of Topliss-reactive ketones (excluding diaryl/α,β-unsaturated/α-hetero) is 2. The van der Waals surface area contributed by atoms with Crippen molar-refractivity contribution in [2.24, 2.45) is 36.6 Å². The van der Waals surface area contributed by atoms with E-state index in [1.165, 1.54) is 15.8 Å². The van der Waals surface area contributed by atoms with Crippen molar-refractivity contribution in [2.75, 3.05) is 33.2 Å². The molecule has 2 aromatic rings. The third-order valence-electron chi connectivity index (χ3n) is 15.0. The summed E-state index contributed by atoms with van der Waals surface area (Å²) in [5.41, 5.74) is 4.13. The second-order valence-electron chi connectivity index (χ2n) is 20.0. The molecule has 0 radical (unpaired) electrons. The molecule has 4 aliphatic rings. The zero-order valence-electron chi connectivity index (χ0n) is 41.0. The van der Waals surface area contributed by atoms with Crippen LogP contribution in [0, 0.1) is 29.6 Å². The summed E-state index contributed by atoms with van der Waals surface area (Å²) in [4.78, 5) is 58.7. The van der Waals surface area contributed by atoms with Gasteiger partial charge >= 0.3 is 5.97 Å². The summed E-state index contributed by atoms with van der Waals surface area (Å²) >= 11 is 0. The molecule has 13 nitrogen and oxygen atoms in total. The van der Waals surface area contributed by atoms with Crippen LogP contribution in [0.25, 0.3) is 10.9 Å². The van der Waals surface area contributed by atoms with E-state index in [0.717, 1.165) is 36.1 Å². The molecule has 364 valence electrons. The highest BCUT2D eigenvalue weighted by atomic mass is 16.7. The molecule has 1 aromatic heterocycles. The number of benzene rings is 1. The van der Waals surface area contributed by atoms with E-state index in [2.05, 4.69) is 59.9 Å². The maximum atomic E-state index is 14.6. The third-order valence-corrected chi connectivity index (χ3v) is 15.0. The van der Waals surface area contributed by atoms with Gasteiger partial charge < -0.3 is 43.6 Å².